The summed E-state index contributed by atoms with van der Waals surface area (Å²) < 4.78 is 16.5. The van der Waals surface area contributed by atoms with Gasteiger partial charge < -0.3 is 14.2 Å². The molecule has 2 aromatic carbocycles. The predicted molar refractivity (Wildman–Crippen MR) is 92.5 cm³/mol. The molecule has 0 saturated carbocycles. The average molecular weight is 420 g/mol. The van der Waals surface area contributed by atoms with Crippen molar-refractivity contribution in [1.29, 1.82) is 0 Å². The highest BCUT2D eigenvalue weighted by atomic mass is 79.9. The van der Waals surface area contributed by atoms with Crippen LogP contribution in [0.1, 0.15) is 11.7 Å². The van der Waals surface area contributed by atoms with Gasteiger partial charge in [0.15, 0.2) is 0 Å². The van der Waals surface area contributed by atoms with Crippen LogP contribution < -0.4 is 9.47 Å². The van der Waals surface area contributed by atoms with Crippen LogP contribution in [0.3, 0.4) is 0 Å². The molecule has 2 rings (SSSR count). The zero-order valence-electron chi connectivity index (χ0n) is 12.3. The number of halogens is 3. The number of rotatable bonds is 5. The van der Waals surface area contributed by atoms with Crippen LogP contribution in [0.5, 0.6) is 11.5 Å². The summed E-state index contributed by atoms with van der Waals surface area (Å²) in [5.74, 6) is 0.370. The van der Waals surface area contributed by atoms with Crippen LogP contribution in [0.15, 0.2) is 40.9 Å². The lowest BCUT2D eigenvalue weighted by molar-refractivity contribution is -0.149. The summed E-state index contributed by atoms with van der Waals surface area (Å²) in [6.45, 7) is 0. The molecular weight excluding hydrogens is 407 g/mol. The quantitative estimate of drug-likeness (QED) is 0.635. The molecule has 0 aliphatic heterocycles. The maximum atomic E-state index is 12.1. The van der Waals surface area contributed by atoms with Crippen molar-refractivity contribution in [2.24, 2.45) is 0 Å². The molecular formula is C16H13BrCl2O4. The first-order valence-electron chi connectivity index (χ1n) is 6.50. The van der Waals surface area contributed by atoms with Gasteiger partial charge in [0, 0.05) is 21.7 Å². The summed E-state index contributed by atoms with van der Waals surface area (Å²) in [6, 6.07) is 10.0. The Labute approximate surface area is 152 Å². The van der Waals surface area contributed by atoms with Crippen molar-refractivity contribution in [3.63, 3.8) is 0 Å². The Morgan fingerprint density at radius 3 is 2.35 bits per heavy atom. The topological polar surface area (TPSA) is 44.8 Å². The lowest BCUT2D eigenvalue weighted by Crippen LogP contribution is -2.21. The number of ether oxygens (including phenoxy) is 3. The van der Waals surface area contributed by atoms with E-state index in [0.717, 1.165) is 4.47 Å². The van der Waals surface area contributed by atoms with Gasteiger partial charge in [-0.3, -0.25) is 0 Å². The van der Waals surface area contributed by atoms with Gasteiger partial charge in [-0.2, -0.15) is 0 Å². The highest BCUT2D eigenvalue weighted by Gasteiger charge is 2.28. The molecule has 0 amide bonds. The molecule has 122 valence electrons. The summed E-state index contributed by atoms with van der Waals surface area (Å²) >= 11 is 15.7. The van der Waals surface area contributed by atoms with E-state index < -0.39 is 12.1 Å². The maximum absolute atomic E-state index is 12.1. The van der Waals surface area contributed by atoms with Crippen LogP contribution in [0.4, 0.5) is 0 Å². The number of carbonyl (C=O) groups excluding carboxylic acids is 1. The number of methoxy groups -OCH3 is 2. The molecule has 0 saturated heterocycles. The van der Waals surface area contributed by atoms with Gasteiger partial charge in [-0.15, -0.1) is 0 Å². The fourth-order valence-corrected chi connectivity index (χ4v) is 2.95. The monoisotopic (exact) mass is 418 g/mol. The molecule has 1 atom stereocenters. The van der Waals surface area contributed by atoms with Crippen LogP contribution in [0, 0.1) is 0 Å². The second kappa shape index (κ2) is 7.90. The summed E-state index contributed by atoms with van der Waals surface area (Å²) in [7, 11) is 2.80. The van der Waals surface area contributed by atoms with Crippen molar-refractivity contribution in [3.05, 3.63) is 56.5 Å². The molecule has 0 radical (unpaired) electrons. The molecule has 0 fully saturated rings. The Morgan fingerprint density at radius 1 is 1.13 bits per heavy atom. The SMILES string of the molecule is COC(=O)C(Oc1ccc(Br)c(OC)c1)c1c(Cl)cccc1Cl. The lowest BCUT2D eigenvalue weighted by Gasteiger charge is -2.20. The van der Waals surface area contributed by atoms with E-state index in [0.29, 0.717) is 27.1 Å². The number of carbonyl (C=O) groups is 1. The molecule has 0 aromatic heterocycles. The van der Waals surface area contributed by atoms with E-state index in [4.69, 9.17) is 37.4 Å². The second-order valence-corrected chi connectivity index (χ2v) is 6.12. The van der Waals surface area contributed by atoms with E-state index in [-0.39, 0.29) is 0 Å². The third-order valence-corrected chi connectivity index (χ3v) is 4.37. The Hall–Kier alpha value is -1.43. The fourth-order valence-electron chi connectivity index (χ4n) is 1.94. The molecule has 4 nitrogen and oxygen atoms in total. The van der Waals surface area contributed by atoms with Gasteiger partial charge in [-0.05, 0) is 40.2 Å². The van der Waals surface area contributed by atoms with Crippen molar-refractivity contribution in [2.75, 3.05) is 14.2 Å². The van der Waals surface area contributed by atoms with Gasteiger partial charge >= 0.3 is 5.97 Å². The minimum atomic E-state index is -1.09. The third kappa shape index (κ3) is 4.10. The zero-order valence-corrected chi connectivity index (χ0v) is 15.4. The van der Waals surface area contributed by atoms with Gasteiger partial charge in [0.25, 0.3) is 0 Å². The molecule has 0 N–H and O–H groups in total. The molecule has 2 aromatic rings. The van der Waals surface area contributed by atoms with E-state index in [9.17, 15) is 4.79 Å². The molecule has 1 unspecified atom stereocenters. The number of benzene rings is 2. The normalized spacial score (nSPS) is 11.7. The number of hydrogen-bond donors (Lipinski definition) is 0. The van der Waals surface area contributed by atoms with Gasteiger partial charge in [-0.25, -0.2) is 4.79 Å². The zero-order chi connectivity index (χ0) is 17.0. The van der Waals surface area contributed by atoms with Crippen LogP contribution in [0.25, 0.3) is 0 Å². The van der Waals surface area contributed by atoms with Gasteiger partial charge in [-0.1, -0.05) is 29.3 Å². The fraction of sp³-hybridized carbons (Fsp3) is 0.188. The van der Waals surface area contributed by atoms with Crippen molar-refractivity contribution in [2.45, 2.75) is 6.10 Å². The molecule has 0 spiro atoms. The van der Waals surface area contributed by atoms with Gasteiger partial charge in [0.05, 0.1) is 18.7 Å². The molecule has 23 heavy (non-hydrogen) atoms. The number of hydrogen-bond acceptors (Lipinski definition) is 4. The van der Waals surface area contributed by atoms with Crippen molar-refractivity contribution in [1.82, 2.24) is 0 Å². The van der Waals surface area contributed by atoms with Crippen molar-refractivity contribution >= 4 is 45.1 Å². The maximum Gasteiger partial charge on any atom is 0.351 e. The van der Waals surface area contributed by atoms with Crippen LogP contribution in [0.2, 0.25) is 10.0 Å². The molecule has 7 heteroatoms. The summed E-state index contributed by atoms with van der Waals surface area (Å²) in [6.07, 6.45) is -1.09. The first-order valence-corrected chi connectivity index (χ1v) is 8.04. The Bertz CT molecular complexity index is 701. The predicted octanol–water partition coefficient (Wildman–Crippen LogP) is 5.06. The largest absolute Gasteiger partial charge is 0.495 e. The highest BCUT2D eigenvalue weighted by Crippen LogP contribution is 2.36. The average Bonchev–Trinajstić information content (AvgIpc) is 2.54. The van der Waals surface area contributed by atoms with E-state index in [1.165, 1.54) is 14.2 Å². The first-order chi connectivity index (χ1) is 11.0. The van der Waals surface area contributed by atoms with Gasteiger partial charge in [0.1, 0.15) is 11.5 Å². The van der Waals surface area contributed by atoms with E-state index in [2.05, 4.69) is 15.9 Å². The second-order valence-electron chi connectivity index (χ2n) is 4.45. The minimum Gasteiger partial charge on any atom is -0.495 e. The lowest BCUT2D eigenvalue weighted by atomic mass is 10.1. The highest BCUT2D eigenvalue weighted by molar-refractivity contribution is 9.10. The van der Waals surface area contributed by atoms with Crippen molar-refractivity contribution in [3.8, 4) is 11.5 Å². The molecule has 0 aliphatic rings. The number of esters is 1. The summed E-state index contributed by atoms with van der Waals surface area (Å²) in [4.78, 5) is 12.1. The van der Waals surface area contributed by atoms with E-state index in [1.54, 1.807) is 36.4 Å². The Morgan fingerprint density at radius 2 is 1.78 bits per heavy atom. The smallest absolute Gasteiger partial charge is 0.351 e. The molecule has 0 aliphatic carbocycles. The van der Waals surface area contributed by atoms with Crippen LogP contribution in [-0.2, 0) is 9.53 Å². The van der Waals surface area contributed by atoms with Crippen molar-refractivity contribution < 1.29 is 19.0 Å². The Balaban J connectivity index is 2.43. The first kappa shape index (κ1) is 17.9. The van der Waals surface area contributed by atoms with E-state index in [1.807, 2.05) is 0 Å². The minimum absolute atomic E-state index is 0.317. The van der Waals surface area contributed by atoms with Crippen LogP contribution >= 0.6 is 39.1 Å². The standard InChI is InChI=1S/C16H13BrCl2O4/c1-21-13-8-9(6-7-10(13)17)23-15(16(20)22-2)14-11(18)4-3-5-12(14)19/h3-8,15H,1-2H3. The molecule has 0 heterocycles. The molecule has 0 bridgehead atoms. The van der Waals surface area contributed by atoms with Gasteiger partial charge in [0.2, 0.25) is 6.10 Å². The third-order valence-electron chi connectivity index (χ3n) is 3.05. The Kier molecular flexibility index (Phi) is 6.16. The van der Waals surface area contributed by atoms with E-state index >= 15 is 0 Å². The summed E-state index contributed by atoms with van der Waals surface area (Å²) in [5.41, 5.74) is 0.351. The summed E-state index contributed by atoms with van der Waals surface area (Å²) in [5, 5.41) is 0.633. The van der Waals surface area contributed by atoms with Crippen LogP contribution in [-0.4, -0.2) is 20.2 Å².